The van der Waals surface area contributed by atoms with E-state index in [1.54, 1.807) is 13.8 Å². The first-order valence-corrected chi connectivity index (χ1v) is 11.9. The van der Waals surface area contributed by atoms with Crippen molar-refractivity contribution in [1.29, 1.82) is 0 Å². The fourth-order valence-electron chi connectivity index (χ4n) is 4.50. The predicted octanol–water partition coefficient (Wildman–Crippen LogP) is 5.68. The van der Waals surface area contributed by atoms with Crippen LogP contribution in [0.4, 0.5) is 17.1 Å². The molecular formula is C28H32BNO3. The number of aryl methyl sites for hydroxylation is 1. The third kappa shape index (κ3) is 4.05. The third-order valence-electron chi connectivity index (χ3n) is 7.29. The molecule has 33 heavy (non-hydrogen) atoms. The monoisotopic (exact) mass is 441 g/mol. The van der Waals surface area contributed by atoms with E-state index in [9.17, 15) is 5.11 Å². The Bertz CT molecular complexity index is 1160. The smallest absolute Gasteiger partial charge is 0.309 e. The average Bonchev–Trinajstić information content (AvgIpc) is 2.81. The average molecular weight is 441 g/mol. The Morgan fingerprint density at radius 1 is 0.879 bits per heavy atom. The van der Waals surface area contributed by atoms with Gasteiger partial charge in [0.1, 0.15) is 0 Å². The van der Waals surface area contributed by atoms with Crippen LogP contribution in [0.3, 0.4) is 0 Å². The molecule has 1 aliphatic heterocycles. The molecule has 170 valence electrons. The van der Waals surface area contributed by atoms with Crippen molar-refractivity contribution in [2.24, 2.45) is 0 Å². The summed E-state index contributed by atoms with van der Waals surface area (Å²) in [6, 6.07) is 21.2. The van der Waals surface area contributed by atoms with E-state index in [1.165, 1.54) is 24.0 Å². The first-order chi connectivity index (χ1) is 15.7. The Morgan fingerprint density at radius 3 is 2.36 bits per heavy atom. The molecule has 0 bridgehead atoms. The van der Waals surface area contributed by atoms with Crippen LogP contribution in [-0.4, -0.2) is 23.8 Å². The van der Waals surface area contributed by atoms with Crippen molar-refractivity contribution in [3.8, 4) is 11.5 Å². The molecule has 0 atom stereocenters. The van der Waals surface area contributed by atoms with Crippen LogP contribution in [0.5, 0.6) is 11.5 Å². The summed E-state index contributed by atoms with van der Waals surface area (Å²) in [5.41, 5.74) is 5.52. The Labute approximate surface area is 197 Å². The maximum atomic E-state index is 10.4. The highest BCUT2D eigenvalue weighted by Gasteiger charge is 2.35. The molecule has 0 spiro atoms. The molecule has 0 saturated heterocycles. The van der Waals surface area contributed by atoms with Crippen molar-refractivity contribution < 1.29 is 14.5 Å². The molecule has 0 amide bonds. The number of benzene rings is 3. The van der Waals surface area contributed by atoms with Crippen LogP contribution in [0, 0.1) is 0 Å². The molecule has 0 saturated carbocycles. The van der Waals surface area contributed by atoms with Crippen LogP contribution in [0.2, 0.25) is 0 Å². The number of rotatable bonds is 5. The fourth-order valence-corrected chi connectivity index (χ4v) is 4.50. The normalized spacial score (nSPS) is 15.2. The van der Waals surface area contributed by atoms with Gasteiger partial charge >= 0.3 is 7.48 Å². The maximum Gasteiger partial charge on any atom is 0.309 e. The zero-order chi connectivity index (χ0) is 23.2. The molecule has 0 radical (unpaired) electrons. The summed E-state index contributed by atoms with van der Waals surface area (Å²) in [6.07, 6.45) is 4.66. The lowest BCUT2D eigenvalue weighted by Gasteiger charge is -2.37. The molecule has 1 heterocycles. The molecule has 0 aromatic heterocycles. The van der Waals surface area contributed by atoms with Gasteiger partial charge in [0.2, 0.25) is 0 Å². The molecule has 0 unspecified atom stereocenters. The van der Waals surface area contributed by atoms with E-state index in [2.05, 4.69) is 59.5 Å². The number of anilines is 3. The zero-order valence-electron chi connectivity index (χ0n) is 20.0. The number of hydrogen-bond donors (Lipinski definition) is 1. The number of fused-ring (bicyclic) bond motifs is 4. The lowest BCUT2D eigenvalue weighted by molar-refractivity contribution is -0.0893. The SMILES string of the molecule is CC(C)(O)C(C)(C)OBc1ccc(N2c3ccccc3Oc3c2ccc2c3CCCC2)cc1. The minimum absolute atomic E-state index is 0.445. The number of ether oxygens (including phenoxy) is 1. The van der Waals surface area contributed by atoms with E-state index in [0.29, 0.717) is 7.48 Å². The molecular weight excluding hydrogens is 409 g/mol. The third-order valence-corrected chi connectivity index (χ3v) is 7.29. The van der Waals surface area contributed by atoms with Crippen molar-refractivity contribution in [3.63, 3.8) is 0 Å². The summed E-state index contributed by atoms with van der Waals surface area (Å²) in [7, 11) is 0.445. The molecule has 3 aromatic rings. The second-order valence-corrected chi connectivity index (χ2v) is 10.2. The van der Waals surface area contributed by atoms with Crippen LogP contribution in [0.15, 0.2) is 60.7 Å². The molecule has 3 aromatic carbocycles. The summed E-state index contributed by atoms with van der Waals surface area (Å²) < 4.78 is 12.5. The highest BCUT2D eigenvalue weighted by atomic mass is 16.5. The van der Waals surface area contributed by atoms with Crippen molar-refractivity contribution in [1.82, 2.24) is 0 Å². The van der Waals surface area contributed by atoms with Gasteiger partial charge in [-0.15, -0.1) is 0 Å². The van der Waals surface area contributed by atoms with Gasteiger partial charge in [0.25, 0.3) is 0 Å². The number of para-hydroxylation sites is 2. The minimum atomic E-state index is -0.923. The van der Waals surface area contributed by atoms with E-state index in [0.717, 1.165) is 46.9 Å². The fraction of sp³-hybridized carbons (Fsp3) is 0.357. The van der Waals surface area contributed by atoms with E-state index in [1.807, 2.05) is 19.9 Å². The number of nitrogens with zero attached hydrogens (tertiary/aromatic N) is 1. The lowest BCUT2D eigenvalue weighted by Crippen LogP contribution is -2.49. The minimum Gasteiger partial charge on any atom is -0.453 e. The standard InChI is InChI=1S/C28H32BNO3/c1-27(2,31)28(3,4)33-29-20-14-16-21(17-15-20)30-23-11-7-8-12-25(23)32-26-22-10-6-5-9-19(22)13-18-24(26)30/h7-8,11-18,29,31H,5-6,9-10H2,1-4H3. The molecule has 5 rings (SSSR count). The number of hydrogen-bond acceptors (Lipinski definition) is 4. The van der Waals surface area contributed by atoms with E-state index in [-0.39, 0.29) is 0 Å². The molecule has 5 heteroatoms. The van der Waals surface area contributed by atoms with E-state index >= 15 is 0 Å². The quantitative estimate of drug-likeness (QED) is 0.405. The molecule has 1 N–H and O–H groups in total. The van der Waals surface area contributed by atoms with Gasteiger partial charge in [0.15, 0.2) is 11.5 Å². The number of aliphatic hydroxyl groups is 1. The van der Waals surface area contributed by atoms with Crippen molar-refractivity contribution >= 4 is 30.0 Å². The largest absolute Gasteiger partial charge is 0.453 e. The molecule has 4 nitrogen and oxygen atoms in total. The summed E-state index contributed by atoms with van der Waals surface area (Å²) in [4.78, 5) is 2.30. The lowest BCUT2D eigenvalue weighted by atomic mass is 9.82. The second-order valence-electron chi connectivity index (χ2n) is 10.2. The second kappa shape index (κ2) is 8.23. The van der Waals surface area contributed by atoms with Crippen molar-refractivity contribution in [2.75, 3.05) is 4.90 Å². The Balaban J connectivity index is 1.48. The van der Waals surface area contributed by atoms with Gasteiger partial charge in [-0.25, -0.2) is 0 Å². The van der Waals surface area contributed by atoms with Crippen LogP contribution < -0.4 is 15.1 Å². The van der Waals surface area contributed by atoms with Gasteiger partial charge in [0, 0.05) is 11.3 Å². The molecule has 2 aliphatic rings. The van der Waals surface area contributed by atoms with Crippen molar-refractivity contribution in [2.45, 2.75) is 64.6 Å². The van der Waals surface area contributed by atoms with Crippen LogP contribution >= 0.6 is 0 Å². The highest BCUT2D eigenvalue weighted by molar-refractivity contribution is 6.47. The molecule has 0 fully saturated rings. The van der Waals surface area contributed by atoms with Gasteiger partial charge in [-0.2, -0.15) is 0 Å². The summed E-state index contributed by atoms with van der Waals surface area (Å²) in [5.74, 6) is 1.90. The van der Waals surface area contributed by atoms with Crippen LogP contribution in [-0.2, 0) is 17.5 Å². The predicted molar refractivity (Wildman–Crippen MR) is 136 cm³/mol. The van der Waals surface area contributed by atoms with E-state index in [4.69, 9.17) is 9.39 Å². The van der Waals surface area contributed by atoms with Crippen molar-refractivity contribution in [3.05, 3.63) is 71.8 Å². The topological polar surface area (TPSA) is 41.9 Å². The first-order valence-electron chi connectivity index (χ1n) is 11.9. The van der Waals surface area contributed by atoms with Crippen LogP contribution in [0.25, 0.3) is 0 Å². The summed E-state index contributed by atoms with van der Waals surface area (Å²) in [5, 5.41) is 10.4. The Morgan fingerprint density at radius 2 is 1.61 bits per heavy atom. The molecule has 1 aliphatic carbocycles. The first kappa shape index (κ1) is 22.1. The summed E-state index contributed by atoms with van der Waals surface area (Å²) >= 11 is 0. The van der Waals surface area contributed by atoms with Crippen LogP contribution in [0.1, 0.15) is 51.7 Å². The summed E-state index contributed by atoms with van der Waals surface area (Å²) in [6.45, 7) is 7.40. The van der Waals surface area contributed by atoms with Gasteiger partial charge in [0.05, 0.1) is 22.6 Å². The zero-order valence-corrected chi connectivity index (χ0v) is 20.0. The Kier molecular flexibility index (Phi) is 5.50. The van der Waals surface area contributed by atoms with E-state index < -0.39 is 11.2 Å². The van der Waals surface area contributed by atoms with Gasteiger partial charge in [-0.05, 0) is 89.3 Å². The van der Waals surface area contributed by atoms with Gasteiger partial charge in [-0.3, -0.25) is 0 Å². The highest BCUT2D eigenvalue weighted by Crippen LogP contribution is 2.52. The Hall–Kier alpha value is -2.76. The maximum absolute atomic E-state index is 10.4. The van der Waals surface area contributed by atoms with Gasteiger partial charge in [-0.1, -0.05) is 35.8 Å². The van der Waals surface area contributed by atoms with Gasteiger partial charge < -0.3 is 19.4 Å².